The van der Waals surface area contributed by atoms with Crippen molar-refractivity contribution in [3.63, 3.8) is 0 Å². The summed E-state index contributed by atoms with van der Waals surface area (Å²) >= 11 is 0. The second kappa shape index (κ2) is 9.28. The van der Waals surface area contributed by atoms with Crippen LogP contribution in [0.1, 0.15) is 81.7 Å². The molecule has 1 unspecified atom stereocenters. The van der Waals surface area contributed by atoms with Gasteiger partial charge in [0.2, 0.25) is 0 Å². The molecular formula is C29H35NO4. The number of hydrogen-bond donors (Lipinski definition) is 1. The molecule has 5 nitrogen and oxygen atoms in total. The van der Waals surface area contributed by atoms with E-state index in [1.165, 1.54) is 0 Å². The van der Waals surface area contributed by atoms with Crippen molar-refractivity contribution in [2.75, 3.05) is 6.61 Å². The van der Waals surface area contributed by atoms with Gasteiger partial charge in [-0.05, 0) is 55.9 Å². The van der Waals surface area contributed by atoms with E-state index < -0.39 is 17.7 Å². The van der Waals surface area contributed by atoms with Crippen LogP contribution in [-0.4, -0.2) is 34.3 Å². The van der Waals surface area contributed by atoms with Gasteiger partial charge in [0, 0.05) is 17.2 Å². The zero-order chi connectivity index (χ0) is 24.6. The van der Waals surface area contributed by atoms with E-state index in [4.69, 9.17) is 4.74 Å². The topological polar surface area (TPSA) is 66.8 Å². The second-order valence-corrected chi connectivity index (χ2v) is 10.5. The first-order valence-electron chi connectivity index (χ1n) is 12.3. The molecule has 0 bridgehead atoms. The van der Waals surface area contributed by atoms with Crippen LogP contribution in [0.2, 0.25) is 0 Å². The molecule has 1 heterocycles. The quantitative estimate of drug-likeness (QED) is 0.334. The molecule has 2 fully saturated rings. The van der Waals surface area contributed by atoms with Gasteiger partial charge >= 0.3 is 0 Å². The van der Waals surface area contributed by atoms with Crippen LogP contribution >= 0.6 is 0 Å². The number of aliphatic hydroxyl groups excluding tert-OH is 1. The first kappa shape index (κ1) is 24.1. The van der Waals surface area contributed by atoms with Crippen LogP contribution in [0.3, 0.4) is 0 Å². The van der Waals surface area contributed by atoms with Gasteiger partial charge in [-0.25, -0.2) is 0 Å². The smallest absolute Gasteiger partial charge is 0.295 e. The van der Waals surface area contributed by atoms with E-state index >= 15 is 0 Å². The minimum Gasteiger partial charge on any atom is -0.507 e. The van der Waals surface area contributed by atoms with E-state index in [1.807, 2.05) is 50.2 Å². The van der Waals surface area contributed by atoms with Crippen molar-refractivity contribution in [2.24, 2.45) is 0 Å². The Hall–Kier alpha value is -3.08. The molecule has 1 aliphatic heterocycles. The second-order valence-electron chi connectivity index (χ2n) is 10.5. The molecule has 2 aromatic carbocycles. The van der Waals surface area contributed by atoms with Gasteiger partial charge in [-0.1, -0.05) is 63.4 Å². The largest absolute Gasteiger partial charge is 0.507 e. The fraction of sp³-hybridized carbons (Fsp3) is 0.448. The summed E-state index contributed by atoms with van der Waals surface area (Å²) in [5.74, 6) is -0.490. The van der Waals surface area contributed by atoms with Crippen molar-refractivity contribution >= 4 is 17.4 Å². The van der Waals surface area contributed by atoms with Crippen molar-refractivity contribution in [1.82, 2.24) is 4.90 Å². The van der Waals surface area contributed by atoms with Crippen molar-refractivity contribution in [1.29, 1.82) is 0 Å². The van der Waals surface area contributed by atoms with Crippen LogP contribution in [0.25, 0.3) is 5.76 Å². The lowest BCUT2D eigenvalue weighted by Gasteiger charge is -2.31. The molecule has 1 aliphatic carbocycles. The Morgan fingerprint density at radius 1 is 1.09 bits per heavy atom. The number of carbonyl (C=O) groups excluding carboxylic acids is 2. The number of carbonyl (C=O) groups is 2. The molecule has 0 spiro atoms. The summed E-state index contributed by atoms with van der Waals surface area (Å²) in [6, 6.07) is 12.8. The summed E-state index contributed by atoms with van der Waals surface area (Å²) in [4.78, 5) is 28.4. The van der Waals surface area contributed by atoms with Crippen molar-refractivity contribution < 1.29 is 19.4 Å². The van der Waals surface area contributed by atoms with E-state index in [9.17, 15) is 14.7 Å². The van der Waals surface area contributed by atoms with Crippen LogP contribution in [0.15, 0.2) is 48.0 Å². The number of likely N-dealkylation sites (tertiary alicyclic amines) is 1. The SMILES string of the molecule is CCOc1ccc(/C(O)=C2/C(=O)C(=O)N(C3CCCC3)C2c2cccc(C)c2)cc1C(C)(C)C. The Bertz CT molecular complexity index is 1140. The van der Waals surface area contributed by atoms with Crippen molar-refractivity contribution in [2.45, 2.75) is 77.8 Å². The number of benzene rings is 2. The standard InChI is InChI=1S/C29H35NO4/c1-6-34-23-15-14-20(17-22(23)29(3,4)5)26(31)24-25(19-11-9-10-18(2)16-19)30(28(33)27(24)32)21-12-7-8-13-21/h9-11,14-17,21,25,31H,6-8,12-13H2,1-5H3/b26-24-. The third kappa shape index (κ3) is 4.36. The average molecular weight is 462 g/mol. The maximum Gasteiger partial charge on any atom is 0.295 e. The fourth-order valence-corrected chi connectivity index (χ4v) is 5.28. The number of ether oxygens (including phenoxy) is 1. The normalized spacial score (nSPS) is 20.9. The minimum absolute atomic E-state index is 0.0118. The summed E-state index contributed by atoms with van der Waals surface area (Å²) in [7, 11) is 0. The number of rotatable bonds is 5. The maximum atomic E-state index is 13.4. The molecule has 2 aromatic rings. The lowest BCUT2D eigenvalue weighted by atomic mass is 9.84. The molecule has 34 heavy (non-hydrogen) atoms. The zero-order valence-electron chi connectivity index (χ0n) is 20.9. The molecule has 0 radical (unpaired) electrons. The number of aliphatic hydroxyl groups is 1. The van der Waals surface area contributed by atoms with Gasteiger partial charge < -0.3 is 14.7 Å². The highest BCUT2D eigenvalue weighted by atomic mass is 16.5. The van der Waals surface area contributed by atoms with E-state index in [0.717, 1.165) is 48.1 Å². The van der Waals surface area contributed by atoms with Crippen LogP contribution in [0.5, 0.6) is 5.75 Å². The number of Topliss-reactive ketones (excluding diaryl/α,β-unsaturated/α-hetero) is 1. The van der Waals surface area contributed by atoms with Crippen LogP contribution < -0.4 is 4.74 Å². The number of nitrogens with zero attached hydrogens (tertiary/aromatic N) is 1. The highest BCUT2D eigenvalue weighted by molar-refractivity contribution is 6.46. The molecule has 180 valence electrons. The molecule has 1 saturated carbocycles. The Morgan fingerprint density at radius 3 is 2.41 bits per heavy atom. The third-order valence-corrected chi connectivity index (χ3v) is 6.92. The van der Waals surface area contributed by atoms with Crippen molar-refractivity contribution in [3.8, 4) is 5.75 Å². The van der Waals surface area contributed by atoms with Gasteiger partial charge in [0.25, 0.3) is 11.7 Å². The Labute approximate surface area is 202 Å². The molecule has 4 rings (SSSR count). The van der Waals surface area contributed by atoms with Gasteiger partial charge in [0.05, 0.1) is 18.2 Å². The Balaban J connectivity index is 1.90. The lowest BCUT2D eigenvalue weighted by molar-refractivity contribution is -0.141. The monoisotopic (exact) mass is 461 g/mol. The van der Waals surface area contributed by atoms with E-state index in [2.05, 4.69) is 20.8 Å². The molecule has 2 aliphatic rings. The Kier molecular flexibility index (Phi) is 6.57. The van der Waals surface area contributed by atoms with Gasteiger partial charge in [0.1, 0.15) is 11.5 Å². The third-order valence-electron chi connectivity index (χ3n) is 6.92. The van der Waals surface area contributed by atoms with Crippen molar-refractivity contribution in [3.05, 3.63) is 70.3 Å². The summed E-state index contributed by atoms with van der Waals surface area (Å²) in [5, 5.41) is 11.5. The first-order valence-corrected chi connectivity index (χ1v) is 12.3. The number of hydrogen-bond acceptors (Lipinski definition) is 4. The van der Waals surface area contributed by atoms with Gasteiger partial charge in [-0.3, -0.25) is 9.59 Å². The summed E-state index contributed by atoms with van der Waals surface area (Å²) < 4.78 is 5.82. The lowest BCUT2D eigenvalue weighted by Crippen LogP contribution is -2.37. The van der Waals surface area contributed by atoms with Gasteiger partial charge in [-0.2, -0.15) is 0 Å². The highest BCUT2D eigenvalue weighted by Gasteiger charge is 2.49. The average Bonchev–Trinajstić information content (AvgIpc) is 3.40. The first-order chi connectivity index (χ1) is 16.1. The van der Waals surface area contributed by atoms with Gasteiger partial charge in [0.15, 0.2) is 0 Å². The molecule has 0 aromatic heterocycles. The van der Waals surface area contributed by atoms with E-state index in [1.54, 1.807) is 11.0 Å². The number of ketones is 1. The zero-order valence-corrected chi connectivity index (χ0v) is 20.9. The van der Waals surface area contributed by atoms with Crippen LogP contribution in [-0.2, 0) is 15.0 Å². The van der Waals surface area contributed by atoms with E-state index in [0.29, 0.717) is 12.2 Å². The maximum absolute atomic E-state index is 13.4. The summed E-state index contributed by atoms with van der Waals surface area (Å²) in [6.45, 7) is 10.7. The van der Waals surface area contributed by atoms with Crippen LogP contribution in [0.4, 0.5) is 0 Å². The molecule has 1 N–H and O–H groups in total. The van der Waals surface area contributed by atoms with Crippen LogP contribution in [0, 0.1) is 6.92 Å². The molecular weight excluding hydrogens is 426 g/mol. The predicted molar refractivity (Wildman–Crippen MR) is 134 cm³/mol. The minimum atomic E-state index is -0.609. The predicted octanol–water partition coefficient (Wildman–Crippen LogP) is 6.06. The fourth-order valence-electron chi connectivity index (χ4n) is 5.28. The summed E-state index contributed by atoms with van der Waals surface area (Å²) in [6.07, 6.45) is 3.85. The highest BCUT2D eigenvalue weighted by Crippen LogP contribution is 2.44. The van der Waals surface area contributed by atoms with Gasteiger partial charge in [-0.15, -0.1) is 0 Å². The molecule has 1 saturated heterocycles. The molecule has 1 atom stereocenters. The molecule has 1 amide bonds. The number of amides is 1. The van der Waals surface area contributed by atoms with E-state index in [-0.39, 0.29) is 22.8 Å². The Morgan fingerprint density at radius 2 is 1.79 bits per heavy atom. The molecule has 5 heteroatoms. The summed E-state index contributed by atoms with van der Waals surface area (Å²) in [5.41, 5.74) is 3.31. The number of aryl methyl sites for hydroxylation is 1.